The van der Waals surface area contributed by atoms with Gasteiger partial charge in [-0.25, -0.2) is 9.97 Å². The number of ether oxygens (including phenoxy) is 1. The van der Waals surface area contributed by atoms with E-state index in [-0.39, 0.29) is 0 Å². The van der Waals surface area contributed by atoms with Gasteiger partial charge in [-0.1, -0.05) is 13.8 Å². The highest BCUT2D eigenvalue weighted by Gasteiger charge is 2.08. The average Bonchev–Trinajstić information content (AvgIpc) is 2.99. The highest BCUT2D eigenvalue weighted by molar-refractivity contribution is 5.68. The minimum Gasteiger partial charge on any atom is -0.488 e. The van der Waals surface area contributed by atoms with Gasteiger partial charge in [0, 0.05) is 30.1 Å². The number of nitrogen functional groups attached to an aromatic ring is 2. The molecule has 0 spiro atoms. The maximum atomic E-state index is 5.96. The van der Waals surface area contributed by atoms with Gasteiger partial charge in [-0.15, -0.1) is 0 Å². The van der Waals surface area contributed by atoms with Crippen molar-refractivity contribution in [3.63, 3.8) is 0 Å². The van der Waals surface area contributed by atoms with Crippen LogP contribution in [-0.2, 0) is 0 Å². The van der Waals surface area contributed by atoms with Crippen molar-refractivity contribution in [2.45, 2.75) is 13.8 Å². The van der Waals surface area contributed by atoms with Crippen molar-refractivity contribution in [2.75, 3.05) is 37.7 Å². The standard InChI is InChI=1S/C18H24N6O/c1-3-23(4-2)7-8-25-15-9-14(10-21-18(15)20)13-5-6-17-22-16(19)12-24(17)11-13/h5-6,9-12H,3-4,7-8,19H2,1-2H3,(H2,20,21). The molecule has 0 saturated carbocycles. The SMILES string of the molecule is CCN(CC)CCOc1cc(-c2ccc3nc(N)cn3c2)cnc1N. The fraction of sp³-hybridized carbons (Fsp3) is 0.333. The quantitative estimate of drug-likeness (QED) is 0.685. The second-order valence-corrected chi connectivity index (χ2v) is 5.83. The number of pyridine rings is 2. The first kappa shape index (κ1) is 17.0. The van der Waals surface area contributed by atoms with E-state index in [1.807, 2.05) is 28.8 Å². The van der Waals surface area contributed by atoms with Gasteiger partial charge in [-0.2, -0.15) is 0 Å². The molecule has 0 fully saturated rings. The van der Waals surface area contributed by atoms with Crippen molar-refractivity contribution >= 4 is 17.3 Å². The first-order chi connectivity index (χ1) is 12.1. The fourth-order valence-corrected chi connectivity index (χ4v) is 2.74. The van der Waals surface area contributed by atoms with E-state index < -0.39 is 0 Å². The molecule has 0 bridgehead atoms. The molecule has 132 valence electrons. The van der Waals surface area contributed by atoms with Crippen molar-refractivity contribution in [3.05, 3.63) is 36.8 Å². The van der Waals surface area contributed by atoms with Gasteiger partial charge >= 0.3 is 0 Å². The molecular weight excluding hydrogens is 316 g/mol. The van der Waals surface area contributed by atoms with Gasteiger partial charge in [-0.05, 0) is 31.3 Å². The fourth-order valence-electron chi connectivity index (χ4n) is 2.74. The zero-order valence-electron chi connectivity index (χ0n) is 14.6. The summed E-state index contributed by atoms with van der Waals surface area (Å²) in [5.41, 5.74) is 14.4. The largest absolute Gasteiger partial charge is 0.488 e. The van der Waals surface area contributed by atoms with Crippen molar-refractivity contribution < 1.29 is 4.74 Å². The zero-order chi connectivity index (χ0) is 17.8. The monoisotopic (exact) mass is 340 g/mol. The first-order valence-electron chi connectivity index (χ1n) is 8.46. The number of nitrogens with two attached hydrogens (primary N) is 2. The predicted octanol–water partition coefficient (Wildman–Crippen LogP) is 2.28. The third-order valence-corrected chi connectivity index (χ3v) is 4.24. The second-order valence-electron chi connectivity index (χ2n) is 5.83. The molecule has 7 heteroatoms. The summed E-state index contributed by atoms with van der Waals surface area (Å²) in [4.78, 5) is 10.8. The molecule has 0 aromatic carbocycles. The third kappa shape index (κ3) is 3.83. The van der Waals surface area contributed by atoms with Crippen LogP contribution in [0.2, 0.25) is 0 Å². The molecule has 0 atom stereocenters. The Hall–Kier alpha value is -2.80. The van der Waals surface area contributed by atoms with E-state index in [0.717, 1.165) is 36.4 Å². The highest BCUT2D eigenvalue weighted by Crippen LogP contribution is 2.27. The van der Waals surface area contributed by atoms with Crippen molar-refractivity contribution in [1.29, 1.82) is 0 Å². The molecule has 3 aromatic heterocycles. The smallest absolute Gasteiger partial charge is 0.166 e. The van der Waals surface area contributed by atoms with E-state index in [0.29, 0.717) is 24.0 Å². The first-order valence-corrected chi connectivity index (χ1v) is 8.46. The van der Waals surface area contributed by atoms with E-state index in [1.165, 1.54) is 0 Å². The van der Waals surface area contributed by atoms with Gasteiger partial charge in [0.05, 0.1) is 6.20 Å². The molecule has 3 rings (SSSR count). The molecule has 4 N–H and O–H groups in total. The predicted molar refractivity (Wildman–Crippen MR) is 101 cm³/mol. The number of anilines is 2. The Morgan fingerprint density at radius 3 is 2.68 bits per heavy atom. The summed E-state index contributed by atoms with van der Waals surface area (Å²) in [7, 11) is 0. The lowest BCUT2D eigenvalue weighted by atomic mass is 10.1. The summed E-state index contributed by atoms with van der Waals surface area (Å²) in [5, 5.41) is 0. The van der Waals surface area contributed by atoms with Crippen LogP contribution in [0.15, 0.2) is 36.8 Å². The lowest BCUT2D eigenvalue weighted by Crippen LogP contribution is -2.28. The number of likely N-dealkylation sites (N-methyl/N-ethyl adjacent to an activating group) is 1. The summed E-state index contributed by atoms with van der Waals surface area (Å²) in [6.07, 6.45) is 5.49. The van der Waals surface area contributed by atoms with Gasteiger partial charge < -0.3 is 25.5 Å². The van der Waals surface area contributed by atoms with Crippen molar-refractivity contribution in [1.82, 2.24) is 19.3 Å². The molecule has 7 nitrogen and oxygen atoms in total. The summed E-state index contributed by atoms with van der Waals surface area (Å²) in [6, 6.07) is 5.82. The molecule has 3 aromatic rings. The van der Waals surface area contributed by atoms with Gasteiger partial charge in [0.25, 0.3) is 0 Å². The maximum Gasteiger partial charge on any atom is 0.166 e. The number of aromatic nitrogens is 3. The maximum absolute atomic E-state index is 5.96. The number of hydrogen-bond donors (Lipinski definition) is 2. The molecule has 0 aliphatic carbocycles. The Morgan fingerprint density at radius 2 is 1.92 bits per heavy atom. The van der Waals surface area contributed by atoms with Gasteiger partial charge in [0.15, 0.2) is 11.6 Å². The van der Waals surface area contributed by atoms with E-state index in [4.69, 9.17) is 16.2 Å². The topological polar surface area (TPSA) is 94.7 Å². The number of hydrogen-bond acceptors (Lipinski definition) is 6. The van der Waals surface area contributed by atoms with Crippen LogP contribution < -0.4 is 16.2 Å². The highest BCUT2D eigenvalue weighted by atomic mass is 16.5. The van der Waals surface area contributed by atoms with Crippen LogP contribution in [0.1, 0.15) is 13.8 Å². The molecule has 25 heavy (non-hydrogen) atoms. The zero-order valence-corrected chi connectivity index (χ0v) is 14.6. The van der Waals surface area contributed by atoms with Crippen LogP contribution in [0.4, 0.5) is 11.6 Å². The Labute approximate surface area is 147 Å². The lowest BCUT2D eigenvalue weighted by molar-refractivity contribution is 0.223. The molecule has 0 unspecified atom stereocenters. The Kier molecular flexibility index (Phi) is 5.04. The molecule has 0 aliphatic heterocycles. The third-order valence-electron chi connectivity index (χ3n) is 4.24. The van der Waals surface area contributed by atoms with Crippen LogP contribution in [0.5, 0.6) is 5.75 Å². The number of nitrogens with zero attached hydrogens (tertiary/aromatic N) is 4. The lowest BCUT2D eigenvalue weighted by Gasteiger charge is -2.18. The van der Waals surface area contributed by atoms with E-state index in [2.05, 4.69) is 28.7 Å². The van der Waals surface area contributed by atoms with Gasteiger partial charge in [-0.3, -0.25) is 0 Å². The molecular formula is C18H24N6O. The van der Waals surface area contributed by atoms with Crippen molar-refractivity contribution in [2.24, 2.45) is 0 Å². The number of rotatable bonds is 7. The minimum absolute atomic E-state index is 0.399. The van der Waals surface area contributed by atoms with E-state index in [1.54, 1.807) is 12.4 Å². The molecule has 0 amide bonds. The van der Waals surface area contributed by atoms with Crippen LogP contribution in [0, 0.1) is 0 Å². The molecule has 3 heterocycles. The summed E-state index contributed by atoms with van der Waals surface area (Å²) >= 11 is 0. The minimum atomic E-state index is 0.399. The van der Waals surface area contributed by atoms with E-state index >= 15 is 0 Å². The average molecular weight is 340 g/mol. The Morgan fingerprint density at radius 1 is 1.12 bits per heavy atom. The van der Waals surface area contributed by atoms with E-state index in [9.17, 15) is 0 Å². The molecule has 0 aliphatic rings. The second kappa shape index (κ2) is 7.40. The van der Waals surface area contributed by atoms with Crippen LogP contribution in [0.3, 0.4) is 0 Å². The number of imidazole rings is 1. The summed E-state index contributed by atoms with van der Waals surface area (Å²) in [5.74, 6) is 1.50. The normalized spacial score (nSPS) is 11.3. The van der Waals surface area contributed by atoms with Crippen LogP contribution in [-0.4, -0.2) is 45.5 Å². The van der Waals surface area contributed by atoms with Crippen LogP contribution in [0.25, 0.3) is 16.8 Å². The van der Waals surface area contributed by atoms with Crippen molar-refractivity contribution in [3.8, 4) is 16.9 Å². The number of fused-ring (bicyclic) bond motifs is 1. The van der Waals surface area contributed by atoms with Crippen LogP contribution >= 0.6 is 0 Å². The van der Waals surface area contributed by atoms with Gasteiger partial charge in [0.2, 0.25) is 0 Å². The Bertz CT molecular complexity index is 856. The Balaban J connectivity index is 1.79. The molecule has 0 saturated heterocycles. The van der Waals surface area contributed by atoms with Gasteiger partial charge in [0.1, 0.15) is 18.1 Å². The summed E-state index contributed by atoms with van der Waals surface area (Å²) < 4.78 is 7.75. The summed E-state index contributed by atoms with van der Waals surface area (Å²) in [6.45, 7) is 7.71. The molecule has 0 radical (unpaired) electrons.